The summed E-state index contributed by atoms with van der Waals surface area (Å²) in [6.45, 7) is 9.70. The maximum Gasteiger partial charge on any atom is 0.319 e. The first-order valence-corrected chi connectivity index (χ1v) is 7.39. The zero-order chi connectivity index (χ0) is 17.0. The molecule has 120 valence electrons. The Morgan fingerprint density at radius 1 is 1.13 bits per heavy atom. The number of urea groups is 1. The highest BCUT2D eigenvalue weighted by Gasteiger charge is 2.23. The van der Waals surface area contributed by atoms with Crippen molar-refractivity contribution in [3.8, 4) is 0 Å². The molecule has 4 heteroatoms. The van der Waals surface area contributed by atoms with Crippen LogP contribution in [0.2, 0.25) is 0 Å². The van der Waals surface area contributed by atoms with E-state index in [1.807, 2.05) is 45.0 Å². The molecule has 2 amide bonds. The molecule has 3 nitrogen and oxygen atoms in total. The molecule has 0 fully saturated rings. The Bertz CT molecular complexity index is 738. The van der Waals surface area contributed by atoms with Crippen LogP contribution in [0.1, 0.15) is 31.9 Å². The van der Waals surface area contributed by atoms with Gasteiger partial charge >= 0.3 is 6.03 Å². The summed E-state index contributed by atoms with van der Waals surface area (Å²) in [5.41, 5.74) is 2.79. The summed E-state index contributed by atoms with van der Waals surface area (Å²) in [6, 6.07) is 13.3. The van der Waals surface area contributed by atoms with Gasteiger partial charge in [0.15, 0.2) is 0 Å². The topological polar surface area (TPSA) is 41.1 Å². The molecule has 23 heavy (non-hydrogen) atoms. The van der Waals surface area contributed by atoms with Crippen molar-refractivity contribution in [1.82, 2.24) is 5.32 Å². The highest BCUT2D eigenvalue weighted by atomic mass is 19.1. The van der Waals surface area contributed by atoms with E-state index in [-0.39, 0.29) is 6.03 Å². The number of halogens is 1. The number of hydrogen-bond acceptors (Lipinski definition) is 1. The second-order valence-electron chi connectivity index (χ2n) is 6.08. The van der Waals surface area contributed by atoms with Gasteiger partial charge in [-0.3, -0.25) is 0 Å². The third-order valence-corrected chi connectivity index (χ3v) is 3.59. The minimum absolute atomic E-state index is 0.388. The zero-order valence-corrected chi connectivity index (χ0v) is 13.6. The van der Waals surface area contributed by atoms with Crippen molar-refractivity contribution in [2.75, 3.05) is 5.32 Å². The first-order chi connectivity index (χ1) is 10.8. The molecular formula is C19H21FN2O. The molecule has 0 heterocycles. The van der Waals surface area contributed by atoms with Crippen LogP contribution in [0.4, 0.5) is 14.9 Å². The fourth-order valence-electron chi connectivity index (χ4n) is 2.26. The van der Waals surface area contributed by atoms with E-state index in [4.69, 9.17) is 0 Å². The van der Waals surface area contributed by atoms with E-state index in [2.05, 4.69) is 17.2 Å². The number of benzene rings is 2. The van der Waals surface area contributed by atoms with Crippen molar-refractivity contribution in [1.29, 1.82) is 0 Å². The fraction of sp³-hybridized carbons (Fsp3) is 0.211. The Morgan fingerprint density at radius 2 is 1.83 bits per heavy atom. The average Bonchev–Trinajstić information content (AvgIpc) is 2.46. The van der Waals surface area contributed by atoms with Gasteiger partial charge in [0.25, 0.3) is 0 Å². The molecule has 2 rings (SSSR count). The van der Waals surface area contributed by atoms with Gasteiger partial charge in [0.1, 0.15) is 5.82 Å². The van der Waals surface area contributed by atoms with Gasteiger partial charge in [-0.25, -0.2) is 9.18 Å². The number of rotatable bonds is 4. The van der Waals surface area contributed by atoms with Crippen molar-refractivity contribution in [2.45, 2.75) is 26.3 Å². The van der Waals surface area contributed by atoms with Gasteiger partial charge in [0.2, 0.25) is 0 Å². The molecule has 0 atom stereocenters. The van der Waals surface area contributed by atoms with Crippen molar-refractivity contribution < 1.29 is 9.18 Å². The Morgan fingerprint density at radius 3 is 2.48 bits per heavy atom. The molecule has 2 aromatic carbocycles. The number of amides is 2. The molecule has 0 radical (unpaired) electrons. The second-order valence-corrected chi connectivity index (χ2v) is 6.08. The van der Waals surface area contributed by atoms with Crippen molar-refractivity contribution >= 4 is 17.3 Å². The summed E-state index contributed by atoms with van der Waals surface area (Å²) >= 11 is 0. The molecule has 0 unspecified atom stereocenters. The molecule has 0 aliphatic carbocycles. The third-order valence-electron chi connectivity index (χ3n) is 3.59. The minimum Gasteiger partial charge on any atom is -0.329 e. The predicted molar refractivity (Wildman–Crippen MR) is 92.7 cm³/mol. The normalized spacial score (nSPS) is 11.0. The van der Waals surface area contributed by atoms with Gasteiger partial charge in [-0.05, 0) is 56.2 Å². The Kier molecular flexibility index (Phi) is 4.84. The number of allylic oxidation sites excluding steroid dienone is 1. The van der Waals surface area contributed by atoms with Crippen molar-refractivity contribution in [2.24, 2.45) is 0 Å². The second kappa shape index (κ2) is 6.65. The number of anilines is 1. The van der Waals surface area contributed by atoms with Crippen LogP contribution in [0.5, 0.6) is 0 Å². The van der Waals surface area contributed by atoms with E-state index in [1.165, 1.54) is 12.1 Å². The Hall–Kier alpha value is -2.62. The monoisotopic (exact) mass is 312 g/mol. The smallest absolute Gasteiger partial charge is 0.319 e. The molecular weight excluding hydrogens is 291 g/mol. The largest absolute Gasteiger partial charge is 0.329 e. The lowest BCUT2D eigenvalue weighted by molar-refractivity contribution is 0.242. The first-order valence-electron chi connectivity index (χ1n) is 7.39. The highest BCUT2D eigenvalue weighted by molar-refractivity contribution is 5.89. The number of nitrogens with one attached hydrogen (secondary N) is 2. The Balaban J connectivity index is 2.12. The molecule has 0 aliphatic heterocycles. The molecule has 0 bridgehead atoms. The molecule has 2 aromatic rings. The maximum atomic E-state index is 13.2. The van der Waals surface area contributed by atoms with Gasteiger partial charge in [-0.15, -0.1) is 0 Å². The van der Waals surface area contributed by atoms with Gasteiger partial charge in [-0.1, -0.05) is 36.4 Å². The standard InChI is InChI=1S/C19H21FN2O/c1-13(2)14-7-5-8-15(11-14)19(3,4)22-18(23)21-17-10-6-9-16(20)12-17/h5-12H,1H2,2-4H3,(H2,21,22,23). The lowest BCUT2D eigenvalue weighted by atomic mass is 9.92. The summed E-state index contributed by atoms with van der Waals surface area (Å²) in [7, 11) is 0. The predicted octanol–water partition coefficient (Wildman–Crippen LogP) is 4.92. The number of carbonyl (C=O) groups is 1. The van der Waals surface area contributed by atoms with Gasteiger partial charge < -0.3 is 10.6 Å². The van der Waals surface area contributed by atoms with Crippen LogP contribution in [-0.4, -0.2) is 6.03 Å². The van der Waals surface area contributed by atoms with Gasteiger partial charge in [0, 0.05) is 5.69 Å². The molecule has 0 aromatic heterocycles. The van der Waals surface area contributed by atoms with Crippen LogP contribution in [0, 0.1) is 5.82 Å². The lowest BCUT2D eigenvalue weighted by Gasteiger charge is -2.27. The third kappa shape index (κ3) is 4.42. The molecule has 0 saturated carbocycles. The van der Waals surface area contributed by atoms with E-state index in [0.717, 1.165) is 16.7 Å². The van der Waals surface area contributed by atoms with E-state index in [0.29, 0.717) is 5.69 Å². The summed E-state index contributed by atoms with van der Waals surface area (Å²) in [6.07, 6.45) is 0. The van der Waals surface area contributed by atoms with Crippen LogP contribution >= 0.6 is 0 Å². The fourth-order valence-corrected chi connectivity index (χ4v) is 2.26. The van der Waals surface area contributed by atoms with E-state index in [9.17, 15) is 9.18 Å². The van der Waals surface area contributed by atoms with Crippen LogP contribution in [0.25, 0.3) is 5.57 Å². The number of carbonyl (C=O) groups excluding carboxylic acids is 1. The van der Waals surface area contributed by atoms with E-state index in [1.54, 1.807) is 12.1 Å². The SMILES string of the molecule is C=C(C)c1cccc(C(C)(C)NC(=O)Nc2cccc(F)c2)c1. The molecule has 0 spiro atoms. The maximum absolute atomic E-state index is 13.2. The first kappa shape index (κ1) is 16.7. The Labute approximate surface area is 136 Å². The highest BCUT2D eigenvalue weighted by Crippen LogP contribution is 2.23. The molecule has 0 saturated heterocycles. The average molecular weight is 312 g/mol. The molecule has 2 N–H and O–H groups in total. The van der Waals surface area contributed by atoms with Crippen LogP contribution in [-0.2, 0) is 5.54 Å². The lowest BCUT2D eigenvalue weighted by Crippen LogP contribution is -2.43. The van der Waals surface area contributed by atoms with Crippen molar-refractivity contribution in [3.63, 3.8) is 0 Å². The van der Waals surface area contributed by atoms with E-state index >= 15 is 0 Å². The summed E-state index contributed by atoms with van der Waals surface area (Å²) in [5, 5.41) is 5.54. The summed E-state index contributed by atoms with van der Waals surface area (Å²) in [5.74, 6) is -0.392. The molecule has 0 aliphatic rings. The summed E-state index contributed by atoms with van der Waals surface area (Å²) in [4.78, 5) is 12.2. The van der Waals surface area contributed by atoms with E-state index < -0.39 is 11.4 Å². The minimum atomic E-state index is -0.580. The zero-order valence-electron chi connectivity index (χ0n) is 13.6. The summed E-state index contributed by atoms with van der Waals surface area (Å²) < 4.78 is 13.2. The number of hydrogen-bond donors (Lipinski definition) is 2. The van der Waals surface area contributed by atoms with Crippen LogP contribution in [0.15, 0.2) is 55.1 Å². The van der Waals surface area contributed by atoms with Crippen LogP contribution < -0.4 is 10.6 Å². The van der Waals surface area contributed by atoms with Crippen LogP contribution in [0.3, 0.4) is 0 Å². The van der Waals surface area contributed by atoms with Gasteiger partial charge in [0.05, 0.1) is 5.54 Å². The van der Waals surface area contributed by atoms with Gasteiger partial charge in [-0.2, -0.15) is 0 Å². The van der Waals surface area contributed by atoms with Crippen molar-refractivity contribution in [3.05, 3.63) is 72.1 Å². The quantitative estimate of drug-likeness (QED) is 0.827.